The van der Waals surface area contributed by atoms with E-state index in [4.69, 9.17) is 16.7 Å². The summed E-state index contributed by atoms with van der Waals surface area (Å²) in [5, 5.41) is 8.74. The number of aromatic nitrogens is 4. The molecule has 0 aliphatic rings. The van der Waals surface area contributed by atoms with E-state index in [0.29, 0.717) is 6.54 Å². The van der Waals surface area contributed by atoms with Crippen LogP contribution in [-0.4, -0.2) is 30.2 Å². The van der Waals surface area contributed by atoms with Crippen molar-refractivity contribution in [3.05, 3.63) is 26.1 Å². The number of hydrogen-bond acceptors (Lipinski definition) is 4. The van der Waals surface area contributed by atoms with Gasteiger partial charge in [0.2, 0.25) is 5.28 Å². The van der Waals surface area contributed by atoms with E-state index in [1.165, 1.54) is 4.57 Å². The molecule has 2 aromatic heterocycles. The third-order valence-electron chi connectivity index (χ3n) is 3.59. The van der Waals surface area contributed by atoms with Crippen LogP contribution in [0.1, 0.15) is 39.0 Å². The van der Waals surface area contributed by atoms with Crippen molar-refractivity contribution in [2.24, 2.45) is 0 Å². The number of unbranched alkanes of at least 4 members (excludes halogenated alkanes) is 2. The molecule has 0 amide bonds. The lowest BCUT2D eigenvalue weighted by molar-refractivity contribution is -0.137. The zero-order valence-electron chi connectivity index (χ0n) is 12.8. The van der Waals surface area contributed by atoms with Gasteiger partial charge in [0.1, 0.15) is 0 Å². The van der Waals surface area contributed by atoms with Crippen LogP contribution in [0, 0.1) is 0 Å². The summed E-state index contributed by atoms with van der Waals surface area (Å²) in [4.78, 5) is 42.3. The second-order valence-electron chi connectivity index (χ2n) is 5.32. The van der Waals surface area contributed by atoms with Crippen LogP contribution in [0.15, 0.2) is 9.59 Å². The Balaban J connectivity index is 2.47. The summed E-state index contributed by atoms with van der Waals surface area (Å²) in [5.74, 6) is -0.966. The Morgan fingerprint density at radius 1 is 1.22 bits per heavy atom. The van der Waals surface area contributed by atoms with E-state index in [2.05, 4.69) is 16.9 Å². The molecule has 0 saturated carbocycles. The molecule has 2 rings (SSSR count). The Morgan fingerprint density at radius 3 is 2.57 bits per heavy atom. The fourth-order valence-corrected chi connectivity index (χ4v) is 2.62. The minimum absolute atomic E-state index is 0.0454. The van der Waals surface area contributed by atoms with Crippen molar-refractivity contribution in [2.75, 3.05) is 0 Å². The van der Waals surface area contributed by atoms with Crippen molar-refractivity contribution in [3.8, 4) is 0 Å². The first-order valence-corrected chi connectivity index (χ1v) is 7.94. The van der Waals surface area contributed by atoms with Crippen molar-refractivity contribution in [2.45, 2.75) is 52.1 Å². The lowest BCUT2D eigenvalue weighted by atomic mass is 10.2. The van der Waals surface area contributed by atoms with Gasteiger partial charge in [0.15, 0.2) is 11.2 Å². The molecule has 126 valence electrons. The molecular formula is C14H19ClN4O4. The monoisotopic (exact) mass is 342 g/mol. The standard InChI is InChI=1S/C14H19ClN4O4/c1-2-3-4-7-18-11-10(16-13(15)17-11)12(22)19(14(18)23)8-5-6-9(20)21/h2-8H2,1H3,(H,16,17)(H,20,21). The Hall–Kier alpha value is -2.09. The highest BCUT2D eigenvalue weighted by Crippen LogP contribution is 2.10. The molecule has 0 radical (unpaired) electrons. The van der Waals surface area contributed by atoms with Crippen LogP contribution in [0.5, 0.6) is 0 Å². The highest BCUT2D eigenvalue weighted by Gasteiger charge is 2.16. The summed E-state index contributed by atoms with van der Waals surface area (Å²) in [5.41, 5.74) is -0.592. The number of aryl methyl sites for hydroxylation is 1. The van der Waals surface area contributed by atoms with Crippen LogP contribution in [0.3, 0.4) is 0 Å². The molecule has 0 saturated heterocycles. The molecule has 2 N–H and O–H groups in total. The fourth-order valence-electron chi connectivity index (χ4n) is 2.45. The number of fused-ring (bicyclic) bond motifs is 1. The van der Waals surface area contributed by atoms with Crippen LogP contribution >= 0.6 is 11.6 Å². The van der Waals surface area contributed by atoms with Crippen LogP contribution < -0.4 is 11.2 Å². The summed E-state index contributed by atoms with van der Waals surface area (Å²) in [6.07, 6.45) is 2.82. The van der Waals surface area contributed by atoms with Gasteiger partial charge in [-0.1, -0.05) is 19.8 Å². The Morgan fingerprint density at radius 2 is 1.91 bits per heavy atom. The second kappa shape index (κ2) is 7.45. The van der Waals surface area contributed by atoms with Crippen molar-refractivity contribution in [3.63, 3.8) is 0 Å². The molecule has 0 atom stereocenters. The van der Waals surface area contributed by atoms with E-state index in [1.54, 1.807) is 0 Å². The van der Waals surface area contributed by atoms with Gasteiger partial charge >= 0.3 is 11.7 Å². The first-order chi connectivity index (χ1) is 11.0. The number of imidazole rings is 1. The quantitative estimate of drug-likeness (QED) is 0.559. The molecule has 0 unspecified atom stereocenters. The summed E-state index contributed by atoms with van der Waals surface area (Å²) >= 11 is 5.83. The lowest BCUT2D eigenvalue weighted by Gasteiger charge is -2.10. The van der Waals surface area contributed by atoms with Gasteiger partial charge in [0.25, 0.3) is 5.56 Å². The van der Waals surface area contributed by atoms with Gasteiger partial charge in [-0.15, -0.1) is 0 Å². The number of H-pyrrole nitrogens is 1. The minimum Gasteiger partial charge on any atom is -0.481 e. The molecule has 0 aromatic carbocycles. The molecule has 2 aromatic rings. The van der Waals surface area contributed by atoms with E-state index in [-0.39, 0.29) is 35.8 Å². The maximum absolute atomic E-state index is 12.6. The van der Waals surface area contributed by atoms with Gasteiger partial charge < -0.3 is 10.1 Å². The molecule has 8 nitrogen and oxygen atoms in total. The van der Waals surface area contributed by atoms with Gasteiger partial charge in [-0.25, -0.2) is 4.79 Å². The first kappa shape index (κ1) is 17.3. The molecule has 0 aliphatic heterocycles. The molecule has 23 heavy (non-hydrogen) atoms. The molecule has 0 bridgehead atoms. The van der Waals surface area contributed by atoms with Crippen LogP contribution in [0.2, 0.25) is 5.28 Å². The molecule has 0 aliphatic carbocycles. The number of halogens is 1. The Labute approximate surface area is 136 Å². The maximum atomic E-state index is 12.6. The summed E-state index contributed by atoms with van der Waals surface area (Å²) in [6, 6.07) is 0. The number of hydrogen-bond donors (Lipinski definition) is 2. The molecule has 2 heterocycles. The van der Waals surface area contributed by atoms with Gasteiger partial charge in [-0.3, -0.25) is 18.7 Å². The average molecular weight is 343 g/mol. The molecule has 0 spiro atoms. The zero-order valence-corrected chi connectivity index (χ0v) is 13.6. The smallest absolute Gasteiger partial charge is 0.332 e. The second-order valence-corrected chi connectivity index (χ2v) is 5.68. The lowest BCUT2D eigenvalue weighted by Crippen LogP contribution is -2.40. The zero-order chi connectivity index (χ0) is 17.0. The SMILES string of the molecule is CCCCCn1c(=O)n(CCCC(=O)O)c(=O)c2[nH]c(Cl)nc21. The highest BCUT2D eigenvalue weighted by atomic mass is 35.5. The van der Waals surface area contributed by atoms with E-state index in [1.807, 2.05) is 0 Å². The Kier molecular flexibility index (Phi) is 5.59. The van der Waals surface area contributed by atoms with E-state index < -0.39 is 17.2 Å². The number of aliphatic carboxylic acids is 1. The summed E-state index contributed by atoms with van der Waals surface area (Å²) < 4.78 is 2.47. The number of carbonyl (C=O) groups is 1. The van der Waals surface area contributed by atoms with Gasteiger partial charge in [0.05, 0.1) is 0 Å². The minimum atomic E-state index is -0.966. The number of rotatable bonds is 8. The van der Waals surface area contributed by atoms with Gasteiger partial charge in [-0.05, 0) is 24.4 Å². The fraction of sp³-hybridized carbons (Fsp3) is 0.571. The van der Waals surface area contributed by atoms with Gasteiger partial charge in [-0.2, -0.15) is 4.98 Å². The van der Waals surface area contributed by atoms with Gasteiger partial charge in [0, 0.05) is 19.5 Å². The number of nitrogens with one attached hydrogen (secondary N) is 1. The van der Waals surface area contributed by atoms with Crippen LogP contribution in [0.25, 0.3) is 11.2 Å². The van der Waals surface area contributed by atoms with Crippen molar-refractivity contribution in [1.82, 2.24) is 19.1 Å². The third kappa shape index (κ3) is 3.82. The van der Waals surface area contributed by atoms with Crippen LogP contribution in [0.4, 0.5) is 0 Å². The number of aromatic amines is 1. The summed E-state index contributed by atoms with van der Waals surface area (Å²) in [6.45, 7) is 2.53. The van der Waals surface area contributed by atoms with Crippen molar-refractivity contribution >= 4 is 28.7 Å². The largest absolute Gasteiger partial charge is 0.481 e. The highest BCUT2D eigenvalue weighted by molar-refractivity contribution is 6.28. The summed E-state index contributed by atoms with van der Waals surface area (Å²) in [7, 11) is 0. The molecular weight excluding hydrogens is 324 g/mol. The number of nitrogens with zero attached hydrogens (tertiary/aromatic N) is 3. The normalized spacial score (nSPS) is 11.2. The number of carboxylic acid groups (broad SMARTS) is 1. The van der Waals surface area contributed by atoms with E-state index >= 15 is 0 Å². The first-order valence-electron chi connectivity index (χ1n) is 7.56. The Bertz CT molecular complexity index is 821. The average Bonchev–Trinajstić information content (AvgIpc) is 2.88. The van der Waals surface area contributed by atoms with Crippen molar-refractivity contribution < 1.29 is 9.90 Å². The third-order valence-corrected chi connectivity index (χ3v) is 3.77. The van der Waals surface area contributed by atoms with E-state index in [9.17, 15) is 14.4 Å². The maximum Gasteiger partial charge on any atom is 0.332 e. The van der Waals surface area contributed by atoms with Crippen LogP contribution in [-0.2, 0) is 17.9 Å². The molecule has 9 heteroatoms. The predicted octanol–water partition coefficient (Wildman–Crippen LogP) is 1.59. The topological polar surface area (TPSA) is 110 Å². The van der Waals surface area contributed by atoms with E-state index in [0.717, 1.165) is 23.8 Å². The number of carboxylic acids is 1. The molecule has 0 fully saturated rings. The predicted molar refractivity (Wildman–Crippen MR) is 86.0 cm³/mol. The van der Waals surface area contributed by atoms with Crippen molar-refractivity contribution in [1.29, 1.82) is 0 Å².